The van der Waals surface area contributed by atoms with Gasteiger partial charge in [-0.3, -0.25) is 4.79 Å². The first-order valence-electron chi connectivity index (χ1n) is 11.9. The van der Waals surface area contributed by atoms with E-state index in [0.29, 0.717) is 18.8 Å². The maximum Gasteiger partial charge on any atom is 0.304 e. The summed E-state index contributed by atoms with van der Waals surface area (Å²) in [7, 11) is 0. The number of carbonyl (C=O) groups is 1. The zero-order valence-electron chi connectivity index (χ0n) is 19.5. The average Bonchev–Trinajstić information content (AvgIpc) is 3.46. The number of nitrogens with zero attached hydrogens (tertiary/aromatic N) is 2. The van der Waals surface area contributed by atoms with E-state index in [2.05, 4.69) is 35.3 Å². The molecule has 2 aliphatic rings. The first-order chi connectivity index (χ1) is 17.1. The molecule has 5 rings (SSSR count). The van der Waals surface area contributed by atoms with Crippen LogP contribution < -0.4 is 19.7 Å². The summed E-state index contributed by atoms with van der Waals surface area (Å²) in [5.41, 5.74) is 5.60. The molecular weight excluding hydrogens is 442 g/mol. The van der Waals surface area contributed by atoms with Gasteiger partial charge in [0, 0.05) is 41.0 Å². The highest BCUT2D eigenvalue weighted by atomic mass is 16.5. The monoisotopic (exact) mass is 469 g/mol. The topological polar surface area (TPSA) is 94.8 Å². The second-order valence-corrected chi connectivity index (χ2v) is 8.87. The largest absolute Gasteiger partial charge is 0.493 e. The minimum Gasteiger partial charge on any atom is -0.493 e. The number of carboxylic acid groups (broad SMARTS) is 1. The second-order valence-electron chi connectivity index (χ2n) is 8.87. The number of nitrogens with one attached hydrogen (secondary N) is 1. The summed E-state index contributed by atoms with van der Waals surface area (Å²) < 4.78 is 12.0. The van der Waals surface area contributed by atoms with Gasteiger partial charge in [-0.25, -0.2) is 0 Å². The predicted molar refractivity (Wildman–Crippen MR) is 134 cm³/mol. The van der Waals surface area contributed by atoms with E-state index in [1.54, 1.807) is 0 Å². The standard InChI is InChI=1S/C28H27N3O4/c1-2-12-31(21-9-6-18(15-29)7-10-21)25-5-3-4-23-24(17-35-28(23)25)30-20-8-11-22-19(13-27(32)33)16-34-26(22)14-20/h3-11,14,19,24,30H,2,12-13,16-17H2,1H3,(H,32,33). The van der Waals surface area contributed by atoms with Crippen molar-refractivity contribution in [3.63, 3.8) is 0 Å². The number of anilines is 3. The molecule has 35 heavy (non-hydrogen) atoms. The number of benzene rings is 3. The van der Waals surface area contributed by atoms with Crippen LogP contribution in [0.4, 0.5) is 17.1 Å². The van der Waals surface area contributed by atoms with E-state index >= 15 is 0 Å². The molecule has 2 atom stereocenters. The number of ether oxygens (including phenoxy) is 2. The van der Waals surface area contributed by atoms with Gasteiger partial charge in [-0.05, 0) is 42.8 Å². The second kappa shape index (κ2) is 9.59. The molecule has 0 spiro atoms. The van der Waals surface area contributed by atoms with Crippen LogP contribution in [0.1, 0.15) is 48.4 Å². The van der Waals surface area contributed by atoms with Gasteiger partial charge in [0.15, 0.2) is 0 Å². The van der Waals surface area contributed by atoms with Crippen LogP contribution in [0.3, 0.4) is 0 Å². The maximum atomic E-state index is 11.1. The summed E-state index contributed by atoms with van der Waals surface area (Å²) in [6.07, 6.45) is 1.03. The Labute approximate surface area is 204 Å². The highest BCUT2D eigenvalue weighted by Crippen LogP contribution is 2.45. The van der Waals surface area contributed by atoms with Crippen LogP contribution in [0.25, 0.3) is 0 Å². The molecule has 3 aromatic carbocycles. The van der Waals surface area contributed by atoms with E-state index in [1.807, 2.05) is 48.5 Å². The van der Waals surface area contributed by atoms with Gasteiger partial charge in [0.2, 0.25) is 0 Å². The van der Waals surface area contributed by atoms with E-state index in [1.165, 1.54) is 0 Å². The van der Waals surface area contributed by atoms with Gasteiger partial charge < -0.3 is 24.8 Å². The van der Waals surface area contributed by atoms with Gasteiger partial charge in [-0.2, -0.15) is 5.26 Å². The third kappa shape index (κ3) is 4.47. The summed E-state index contributed by atoms with van der Waals surface area (Å²) in [5, 5.41) is 21.8. The van der Waals surface area contributed by atoms with Crippen LogP contribution in [0, 0.1) is 11.3 Å². The number of fused-ring (bicyclic) bond motifs is 2. The molecule has 178 valence electrons. The Hall–Kier alpha value is -4.18. The number of hydrogen-bond acceptors (Lipinski definition) is 6. The lowest BCUT2D eigenvalue weighted by Crippen LogP contribution is -2.18. The molecule has 2 aliphatic heterocycles. The first kappa shape index (κ1) is 22.6. The predicted octanol–water partition coefficient (Wildman–Crippen LogP) is 5.60. The number of aliphatic carboxylic acids is 1. The quantitative estimate of drug-likeness (QED) is 0.443. The number of rotatable bonds is 8. The van der Waals surface area contributed by atoms with Crippen molar-refractivity contribution in [2.24, 2.45) is 0 Å². The third-order valence-corrected chi connectivity index (χ3v) is 6.50. The molecule has 0 amide bonds. The fourth-order valence-electron chi connectivity index (χ4n) is 4.84. The molecule has 2 heterocycles. The smallest absolute Gasteiger partial charge is 0.304 e. The first-order valence-corrected chi connectivity index (χ1v) is 11.9. The van der Waals surface area contributed by atoms with Gasteiger partial charge in [0.25, 0.3) is 0 Å². The zero-order valence-corrected chi connectivity index (χ0v) is 19.5. The summed E-state index contributed by atoms with van der Waals surface area (Å²) in [5.74, 6) is 0.675. The van der Waals surface area contributed by atoms with Gasteiger partial charge in [0.1, 0.15) is 18.1 Å². The lowest BCUT2D eigenvalue weighted by molar-refractivity contribution is -0.137. The van der Waals surface area contributed by atoms with Gasteiger partial charge in [-0.15, -0.1) is 0 Å². The summed E-state index contributed by atoms with van der Waals surface area (Å²) >= 11 is 0. The van der Waals surface area contributed by atoms with Crippen molar-refractivity contribution < 1.29 is 19.4 Å². The van der Waals surface area contributed by atoms with Crippen LogP contribution in [0.15, 0.2) is 60.7 Å². The highest BCUT2D eigenvalue weighted by molar-refractivity contribution is 5.73. The average molecular weight is 470 g/mol. The lowest BCUT2D eigenvalue weighted by atomic mass is 9.97. The van der Waals surface area contributed by atoms with Crippen LogP contribution in [-0.2, 0) is 4.79 Å². The van der Waals surface area contributed by atoms with Crippen LogP contribution in [-0.4, -0.2) is 30.8 Å². The maximum absolute atomic E-state index is 11.1. The molecule has 0 saturated heterocycles. The fraction of sp³-hybridized carbons (Fsp3) is 0.286. The molecule has 0 fully saturated rings. The van der Waals surface area contributed by atoms with E-state index in [-0.39, 0.29) is 18.4 Å². The van der Waals surface area contributed by atoms with Crippen molar-refractivity contribution in [3.05, 3.63) is 77.4 Å². The molecule has 0 aliphatic carbocycles. The van der Waals surface area contributed by atoms with Gasteiger partial charge in [-0.1, -0.05) is 25.1 Å². The number of carboxylic acids is 1. The van der Waals surface area contributed by atoms with E-state index < -0.39 is 5.97 Å². The minimum atomic E-state index is -0.817. The van der Waals surface area contributed by atoms with Crippen molar-refractivity contribution in [1.29, 1.82) is 5.26 Å². The summed E-state index contributed by atoms with van der Waals surface area (Å²) in [6, 6.07) is 21.8. The summed E-state index contributed by atoms with van der Waals surface area (Å²) in [4.78, 5) is 13.3. The Morgan fingerprint density at radius 3 is 2.69 bits per heavy atom. The molecule has 2 N–H and O–H groups in total. The van der Waals surface area contributed by atoms with E-state index in [4.69, 9.17) is 19.8 Å². The van der Waals surface area contributed by atoms with E-state index in [9.17, 15) is 4.79 Å². The molecule has 0 radical (unpaired) electrons. The number of hydrogen-bond donors (Lipinski definition) is 2. The molecular formula is C28H27N3O4. The van der Waals surface area contributed by atoms with Gasteiger partial charge in [0.05, 0.1) is 36.4 Å². The minimum absolute atomic E-state index is 0.0244. The van der Waals surface area contributed by atoms with Crippen molar-refractivity contribution >= 4 is 23.0 Å². The molecule has 2 unspecified atom stereocenters. The fourth-order valence-corrected chi connectivity index (χ4v) is 4.84. The normalized spacial score (nSPS) is 17.5. The Morgan fingerprint density at radius 1 is 1.11 bits per heavy atom. The Morgan fingerprint density at radius 2 is 1.94 bits per heavy atom. The molecule has 0 aromatic heterocycles. The SMILES string of the molecule is CCCN(c1ccc(C#N)cc1)c1cccc2c1OCC2Nc1ccc2c(c1)OCC2CC(=O)O. The van der Waals surface area contributed by atoms with Crippen molar-refractivity contribution in [1.82, 2.24) is 0 Å². The van der Waals surface area contributed by atoms with Crippen LogP contribution >= 0.6 is 0 Å². The van der Waals surface area contributed by atoms with Crippen molar-refractivity contribution in [3.8, 4) is 17.6 Å². The van der Waals surface area contributed by atoms with E-state index in [0.717, 1.165) is 52.7 Å². The Balaban J connectivity index is 1.39. The van der Waals surface area contributed by atoms with Crippen molar-refractivity contribution in [2.45, 2.75) is 31.7 Å². The zero-order chi connectivity index (χ0) is 24.4. The van der Waals surface area contributed by atoms with Gasteiger partial charge >= 0.3 is 5.97 Å². The third-order valence-electron chi connectivity index (χ3n) is 6.50. The molecule has 0 bridgehead atoms. The Bertz CT molecular complexity index is 1280. The highest BCUT2D eigenvalue weighted by Gasteiger charge is 2.30. The van der Waals surface area contributed by atoms with Crippen LogP contribution in [0.5, 0.6) is 11.5 Å². The Kier molecular flexibility index (Phi) is 6.19. The molecule has 7 heteroatoms. The number of nitriles is 1. The number of para-hydroxylation sites is 1. The molecule has 0 saturated carbocycles. The molecule has 3 aromatic rings. The molecule has 7 nitrogen and oxygen atoms in total. The van der Waals surface area contributed by atoms with Crippen molar-refractivity contribution in [2.75, 3.05) is 30.0 Å². The summed E-state index contributed by atoms with van der Waals surface area (Å²) in [6.45, 7) is 3.86. The van der Waals surface area contributed by atoms with Crippen LogP contribution in [0.2, 0.25) is 0 Å². The lowest BCUT2D eigenvalue weighted by Gasteiger charge is -2.26.